The highest BCUT2D eigenvalue weighted by Crippen LogP contribution is 2.55. The quantitative estimate of drug-likeness (QED) is 0.637. The lowest BCUT2D eigenvalue weighted by Gasteiger charge is -2.21. The number of hydrogen-bond donors (Lipinski definition) is 0. The van der Waals surface area contributed by atoms with Crippen molar-refractivity contribution < 1.29 is 0 Å². The Kier molecular flexibility index (Phi) is 2.12. The minimum absolute atomic E-state index is 0.909. The van der Waals surface area contributed by atoms with Gasteiger partial charge in [0.25, 0.3) is 0 Å². The van der Waals surface area contributed by atoms with Gasteiger partial charge in [0.2, 0.25) is 0 Å². The summed E-state index contributed by atoms with van der Waals surface area (Å²) in [5.74, 6) is 2.93. The lowest BCUT2D eigenvalue weighted by atomic mass is 9.84. The van der Waals surface area contributed by atoms with Crippen molar-refractivity contribution in [1.82, 2.24) is 0 Å². The SMILES string of the molecule is Cc1cccc(C)c1C1C2CCC1CC2. The fourth-order valence-electron chi connectivity index (χ4n) is 4.07. The highest BCUT2D eigenvalue weighted by molar-refractivity contribution is 5.38. The van der Waals surface area contributed by atoms with Crippen molar-refractivity contribution in [2.75, 3.05) is 0 Å². The maximum atomic E-state index is 2.29. The van der Waals surface area contributed by atoms with Gasteiger partial charge in [0, 0.05) is 0 Å². The van der Waals surface area contributed by atoms with Gasteiger partial charge >= 0.3 is 0 Å². The molecule has 0 amide bonds. The Balaban J connectivity index is 2.06. The molecule has 0 unspecified atom stereocenters. The molecule has 0 spiro atoms. The van der Waals surface area contributed by atoms with E-state index in [1.807, 2.05) is 0 Å². The first kappa shape index (κ1) is 9.45. The molecule has 0 N–H and O–H groups in total. The number of rotatable bonds is 1. The standard InChI is InChI=1S/C15H20/c1-10-4-3-5-11(2)14(10)15-12-6-7-13(15)9-8-12/h3-5,12-13,15H,6-9H2,1-2H3. The molecule has 0 atom stereocenters. The molecule has 2 bridgehead atoms. The number of benzene rings is 1. The largest absolute Gasteiger partial charge is 0.0617 e. The third-order valence-corrected chi connectivity index (χ3v) is 4.71. The zero-order chi connectivity index (χ0) is 10.4. The molecular weight excluding hydrogens is 180 g/mol. The van der Waals surface area contributed by atoms with Gasteiger partial charge in [-0.3, -0.25) is 0 Å². The molecule has 1 aromatic carbocycles. The van der Waals surface area contributed by atoms with Gasteiger partial charge in [-0.2, -0.15) is 0 Å². The van der Waals surface area contributed by atoms with Crippen LogP contribution in [0.5, 0.6) is 0 Å². The first-order chi connectivity index (χ1) is 7.27. The van der Waals surface area contributed by atoms with Crippen LogP contribution in [0.15, 0.2) is 18.2 Å². The second-order valence-corrected chi connectivity index (χ2v) is 5.51. The fourth-order valence-corrected chi connectivity index (χ4v) is 4.07. The van der Waals surface area contributed by atoms with Gasteiger partial charge < -0.3 is 0 Å². The Bertz CT molecular complexity index is 337. The van der Waals surface area contributed by atoms with Crippen LogP contribution in [-0.2, 0) is 0 Å². The second-order valence-electron chi connectivity index (χ2n) is 5.51. The van der Waals surface area contributed by atoms with E-state index in [1.54, 1.807) is 5.56 Å². The van der Waals surface area contributed by atoms with Gasteiger partial charge in [-0.1, -0.05) is 18.2 Å². The maximum Gasteiger partial charge on any atom is -0.0100 e. The van der Waals surface area contributed by atoms with Crippen LogP contribution in [0.2, 0.25) is 0 Å². The second kappa shape index (κ2) is 3.37. The Morgan fingerprint density at radius 1 is 0.867 bits per heavy atom. The van der Waals surface area contributed by atoms with E-state index in [0.29, 0.717) is 0 Å². The minimum atomic E-state index is 0.909. The Labute approximate surface area is 92.7 Å². The minimum Gasteiger partial charge on any atom is -0.0617 e. The maximum absolute atomic E-state index is 2.29. The van der Waals surface area contributed by atoms with E-state index in [0.717, 1.165) is 17.8 Å². The van der Waals surface area contributed by atoms with Crippen molar-refractivity contribution in [2.45, 2.75) is 45.4 Å². The Hall–Kier alpha value is -0.780. The van der Waals surface area contributed by atoms with E-state index in [1.165, 1.54) is 36.8 Å². The first-order valence-electron chi connectivity index (χ1n) is 6.33. The smallest absolute Gasteiger partial charge is 0.0100 e. The molecule has 0 nitrogen and oxygen atoms in total. The fraction of sp³-hybridized carbons (Fsp3) is 0.600. The van der Waals surface area contributed by atoms with Crippen molar-refractivity contribution in [3.05, 3.63) is 34.9 Å². The third-order valence-electron chi connectivity index (χ3n) is 4.71. The molecule has 80 valence electrons. The van der Waals surface area contributed by atoms with Gasteiger partial charge in [0.05, 0.1) is 0 Å². The van der Waals surface area contributed by atoms with Crippen molar-refractivity contribution in [2.24, 2.45) is 11.8 Å². The van der Waals surface area contributed by atoms with Crippen LogP contribution in [-0.4, -0.2) is 0 Å². The average molecular weight is 200 g/mol. The predicted molar refractivity (Wildman–Crippen MR) is 64.1 cm³/mol. The molecule has 0 saturated heterocycles. The molecule has 2 aliphatic rings. The molecule has 2 aliphatic carbocycles. The van der Waals surface area contributed by atoms with Gasteiger partial charge in [-0.15, -0.1) is 0 Å². The highest BCUT2D eigenvalue weighted by Gasteiger charge is 2.43. The zero-order valence-electron chi connectivity index (χ0n) is 9.79. The summed E-state index contributed by atoms with van der Waals surface area (Å²) in [6, 6.07) is 6.78. The van der Waals surface area contributed by atoms with E-state index in [4.69, 9.17) is 0 Å². The van der Waals surface area contributed by atoms with Crippen LogP contribution in [0.4, 0.5) is 0 Å². The van der Waals surface area contributed by atoms with Crippen molar-refractivity contribution in [3.8, 4) is 0 Å². The highest BCUT2D eigenvalue weighted by atomic mass is 14.5. The predicted octanol–water partition coefficient (Wildman–Crippen LogP) is 4.21. The van der Waals surface area contributed by atoms with E-state index in [-0.39, 0.29) is 0 Å². The van der Waals surface area contributed by atoms with Crippen molar-refractivity contribution >= 4 is 0 Å². The number of fused-ring (bicyclic) bond motifs is 2. The normalized spacial score (nSPS) is 33.6. The average Bonchev–Trinajstić information content (AvgIpc) is 2.78. The van der Waals surface area contributed by atoms with Crippen LogP contribution < -0.4 is 0 Å². The molecule has 0 aromatic heterocycles. The summed E-state index contributed by atoms with van der Waals surface area (Å²) in [6.07, 6.45) is 5.96. The summed E-state index contributed by atoms with van der Waals surface area (Å²) < 4.78 is 0. The Morgan fingerprint density at radius 3 is 1.80 bits per heavy atom. The molecule has 2 fully saturated rings. The first-order valence-corrected chi connectivity index (χ1v) is 6.33. The lowest BCUT2D eigenvalue weighted by Crippen LogP contribution is -2.07. The Morgan fingerprint density at radius 2 is 1.33 bits per heavy atom. The summed E-state index contributed by atoms with van der Waals surface area (Å²) in [7, 11) is 0. The van der Waals surface area contributed by atoms with Gasteiger partial charge in [0.15, 0.2) is 0 Å². The number of aryl methyl sites for hydroxylation is 2. The molecule has 0 heteroatoms. The van der Waals surface area contributed by atoms with Crippen LogP contribution >= 0.6 is 0 Å². The molecule has 3 rings (SSSR count). The van der Waals surface area contributed by atoms with E-state index >= 15 is 0 Å². The van der Waals surface area contributed by atoms with Gasteiger partial charge in [-0.05, 0) is 74.0 Å². The summed E-state index contributed by atoms with van der Waals surface area (Å²) in [5, 5.41) is 0. The number of hydrogen-bond acceptors (Lipinski definition) is 0. The molecule has 1 aromatic rings. The lowest BCUT2D eigenvalue weighted by molar-refractivity contribution is 0.480. The third kappa shape index (κ3) is 1.34. The van der Waals surface area contributed by atoms with Gasteiger partial charge in [-0.25, -0.2) is 0 Å². The summed E-state index contributed by atoms with van der Waals surface area (Å²) in [4.78, 5) is 0. The van der Waals surface area contributed by atoms with Crippen molar-refractivity contribution in [1.29, 1.82) is 0 Å². The molecule has 0 heterocycles. The van der Waals surface area contributed by atoms with Crippen LogP contribution in [0.3, 0.4) is 0 Å². The topological polar surface area (TPSA) is 0 Å². The molecule has 2 saturated carbocycles. The van der Waals surface area contributed by atoms with E-state index in [2.05, 4.69) is 32.0 Å². The summed E-state index contributed by atoms with van der Waals surface area (Å²) >= 11 is 0. The zero-order valence-corrected chi connectivity index (χ0v) is 9.79. The molecular formula is C15H20. The monoisotopic (exact) mass is 200 g/mol. The molecule has 0 radical (unpaired) electrons. The van der Waals surface area contributed by atoms with Crippen LogP contribution in [0.25, 0.3) is 0 Å². The molecule has 15 heavy (non-hydrogen) atoms. The summed E-state index contributed by atoms with van der Waals surface area (Å²) in [6.45, 7) is 4.58. The van der Waals surface area contributed by atoms with Gasteiger partial charge in [0.1, 0.15) is 0 Å². The van der Waals surface area contributed by atoms with E-state index in [9.17, 15) is 0 Å². The summed E-state index contributed by atoms with van der Waals surface area (Å²) in [5.41, 5.74) is 4.75. The van der Waals surface area contributed by atoms with E-state index < -0.39 is 0 Å². The van der Waals surface area contributed by atoms with Crippen molar-refractivity contribution in [3.63, 3.8) is 0 Å². The van der Waals surface area contributed by atoms with Crippen LogP contribution in [0.1, 0.15) is 48.3 Å². The van der Waals surface area contributed by atoms with Crippen LogP contribution in [0, 0.1) is 25.7 Å². The molecule has 0 aliphatic heterocycles.